The van der Waals surface area contributed by atoms with E-state index >= 15 is 35.1 Å². The highest BCUT2D eigenvalue weighted by Gasteiger charge is 2.32. The number of halogens is 12. The maximum absolute atomic E-state index is 16.9. The molecular weight excluding hydrogens is 1880 g/mol. The number of hydrogen-bond acceptors (Lipinski definition) is 4. The molecule has 0 saturated heterocycles. The fraction of sp³-hybridized carbons (Fsp3) is 0.0376. The number of benzene rings is 24. The van der Waals surface area contributed by atoms with Gasteiger partial charge in [-0.25, -0.2) is 52.7 Å². The minimum absolute atomic E-state index is 0.116. The average Bonchev–Trinajstić information content (AvgIpc) is 0.717. The van der Waals surface area contributed by atoms with Gasteiger partial charge in [0, 0.05) is 21.5 Å². The van der Waals surface area contributed by atoms with Gasteiger partial charge in [0.25, 0.3) is 0 Å². The fourth-order valence-corrected chi connectivity index (χ4v) is 20.8. The lowest BCUT2D eigenvalue weighted by atomic mass is 9.91. The molecule has 16 heteroatoms. The predicted molar refractivity (Wildman–Crippen MR) is 586 cm³/mol. The zero-order valence-electron chi connectivity index (χ0n) is 80.8. The van der Waals surface area contributed by atoms with E-state index in [2.05, 4.69) is 0 Å². The SMILES string of the molecule is Cc1cc(-c2ccc(F)cc2)ccc1-c1ccc(F)c(N(c2cccc(C)c2F)c2ccc3ccc4c(N(c5cc(-c6ccc(-c7ccc(F)cc7)cc6)ccc5F)c5cccc(C)c5F)ccc5ccc2c3c54)c1.Cc1ccc(N(c2cc(-c3ccc(-c4ccc(F)cc4)cc3)ccc2F)c2ccc3ccc4c(N(c5ccc(C)cc5F)c5cc(-c6ccc(-c7ccc(F)cc7)cc6)ccc5F)ccc5ccc2c3c54)c(F)c1. The molecule has 0 heterocycles. The monoisotopic (exact) mass is 1970 g/mol. The van der Waals surface area contributed by atoms with Gasteiger partial charge < -0.3 is 19.6 Å². The van der Waals surface area contributed by atoms with Crippen LogP contribution in [0.5, 0.6) is 0 Å². The summed E-state index contributed by atoms with van der Waals surface area (Å²) in [5.41, 5.74) is 19.1. The molecule has 149 heavy (non-hydrogen) atoms. The Morgan fingerprint density at radius 2 is 0.369 bits per heavy atom. The first kappa shape index (κ1) is 94.3. The van der Waals surface area contributed by atoms with E-state index in [0.717, 1.165) is 115 Å². The number of aryl methyl sites for hydroxylation is 5. The highest BCUT2D eigenvalue weighted by atomic mass is 19.2. The maximum atomic E-state index is 16.9. The van der Waals surface area contributed by atoms with Crippen LogP contribution in [-0.4, -0.2) is 0 Å². The molecule has 24 aromatic rings. The Labute approximate surface area is 851 Å². The first-order valence-corrected chi connectivity index (χ1v) is 48.6. The standard InChI is InChI=1S/C67H44F6N2.C66H42F6N2/c1-39-6-4-8-60(66(39)72)74(62-37-49(21-32-56(62)70)44-12-10-42(11-13-44)43-14-25-51(68)26-15-43)58-34-23-46-19-31-55-59(35-24-47-18-30-54(58)64(46)65(47)55)75(61-9-5-7-40(2)67(61)73)63-38-50(22-33-57(63)71)53-29-20-48(36-41(53)3)45-16-27-52(69)28-17-45;1-39-3-31-61(57(71)35-39)73(63-37-49(19-29-55(63)69)45-9-5-41(6-10-45)43-13-23-51(67)24-14-43)59-33-21-47-18-28-54-60(34-22-48-17-27-53(59)65(47)66(48)54)74(62-32-4-40(2)36-58(62)72)64-38-50(20-30-56(64)70)46-11-7-42(8-12-46)44-15-25-52(68)26-16-44/h4-38H,1-3H3;3-38H,1-2H3. The third-order valence-electron chi connectivity index (χ3n) is 28.4. The first-order valence-electron chi connectivity index (χ1n) is 48.6. The summed E-state index contributed by atoms with van der Waals surface area (Å²) in [7, 11) is 0. The molecule has 0 aliphatic rings. The van der Waals surface area contributed by atoms with Gasteiger partial charge in [0.15, 0.2) is 0 Å². The highest BCUT2D eigenvalue weighted by molar-refractivity contribution is 6.30. The van der Waals surface area contributed by atoms with Gasteiger partial charge in [0.2, 0.25) is 0 Å². The maximum Gasteiger partial charge on any atom is 0.150 e. The van der Waals surface area contributed by atoms with Crippen molar-refractivity contribution >= 4 is 133 Å². The molecule has 0 spiro atoms. The predicted octanol–water partition coefficient (Wildman–Crippen LogP) is 39.6. The van der Waals surface area contributed by atoms with Crippen molar-refractivity contribution in [2.75, 3.05) is 19.6 Å². The highest BCUT2D eigenvalue weighted by Crippen LogP contribution is 2.55. The largest absolute Gasteiger partial charge is 0.304 e. The molecule has 24 rings (SSSR count). The molecular formula is C133H86F12N4. The van der Waals surface area contributed by atoms with Crippen molar-refractivity contribution in [1.29, 1.82) is 0 Å². The van der Waals surface area contributed by atoms with Gasteiger partial charge in [-0.2, -0.15) is 0 Å². The summed E-state index contributed by atoms with van der Waals surface area (Å²) in [6, 6.07) is 124. The summed E-state index contributed by atoms with van der Waals surface area (Å²) in [4.78, 5) is 6.50. The van der Waals surface area contributed by atoms with Gasteiger partial charge in [-0.1, -0.05) is 273 Å². The van der Waals surface area contributed by atoms with E-state index in [1.807, 2.05) is 195 Å². The Balaban J connectivity index is 0.000000164. The van der Waals surface area contributed by atoms with E-state index in [4.69, 9.17) is 0 Å². The molecule has 0 unspecified atom stereocenters. The minimum Gasteiger partial charge on any atom is -0.304 e. The number of rotatable bonds is 20. The Hall–Kier alpha value is -18.3. The molecule has 0 fully saturated rings. The second-order valence-electron chi connectivity index (χ2n) is 37.7. The van der Waals surface area contributed by atoms with Crippen LogP contribution in [0.25, 0.3) is 154 Å². The van der Waals surface area contributed by atoms with Crippen molar-refractivity contribution in [3.05, 3.63) is 528 Å². The van der Waals surface area contributed by atoms with Crippen LogP contribution < -0.4 is 19.6 Å². The number of anilines is 12. The molecule has 722 valence electrons. The molecule has 0 radical (unpaired) electrons. The normalized spacial score (nSPS) is 11.5. The van der Waals surface area contributed by atoms with Crippen molar-refractivity contribution in [3.63, 3.8) is 0 Å². The van der Waals surface area contributed by atoms with Crippen molar-refractivity contribution in [3.8, 4) is 89.0 Å². The zero-order valence-corrected chi connectivity index (χ0v) is 80.8. The lowest BCUT2D eigenvalue weighted by molar-refractivity contribution is 0.613. The van der Waals surface area contributed by atoms with Crippen LogP contribution in [-0.2, 0) is 0 Å². The zero-order chi connectivity index (χ0) is 102. The van der Waals surface area contributed by atoms with Crippen LogP contribution in [0.15, 0.2) is 431 Å². The van der Waals surface area contributed by atoms with Gasteiger partial charge in [-0.05, 0) is 352 Å². The van der Waals surface area contributed by atoms with E-state index in [0.29, 0.717) is 88.8 Å². The van der Waals surface area contributed by atoms with Crippen LogP contribution in [0.2, 0.25) is 0 Å². The number of nitrogens with zero attached hydrogens (tertiary/aromatic N) is 4. The molecule has 0 saturated carbocycles. The lowest BCUT2D eigenvalue weighted by Gasteiger charge is -2.30. The van der Waals surface area contributed by atoms with E-state index in [1.165, 1.54) is 84.9 Å². The second-order valence-corrected chi connectivity index (χ2v) is 37.7. The Kier molecular flexibility index (Phi) is 24.5. The summed E-state index contributed by atoms with van der Waals surface area (Å²) in [5, 5.41) is 9.36. The smallest absolute Gasteiger partial charge is 0.150 e. The average molecular weight is 1970 g/mol. The summed E-state index contributed by atoms with van der Waals surface area (Å²) in [6.45, 7) is 8.91. The van der Waals surface area contributed by atoms with Crippen LogP contribution in [0.3, 0.4) is 0 Å². The van der Waals surface area contributed by atoms with Gasteiger partial charge in [0.1, 0.15) is 69.8 Å². The van der Waals surface area contributed by atoms with Crippen molar-refractivity contribution < 1.29 is 52.7 Å². The van der Waals surface area contributed by atoms with Gasteiger partial charge in [-0.3, -0.25) is 0 Å². The van der Waals surface area contributed by atoms with Crippen LogP contribution in [0, 0.1) is 104 Å². The van der Waals surface area contributed by atoms with Crippen LogP contribution >= 0.6 is 0 Å². The first-order chi connectivity index (χ1) is 72.3. The van der Waals surface area contributed by atoms with E-state index in [9.17, 15) is 17.6 Å². The fourth-order valence-electron chi connectivity index (χ4n) is 20.8. The molecule has 4 nitrogen and oxygen atoms in total. The van der Waals surface area contributed by atoms with E-state index in [1.54, 1.807) is 205 Å². The molecule has 0 atom stereocenters. The molecule has 0 N–H and O–H groups in total. The Bertz CT molecular complexity index is 9080. The summed E-state index contributed by atoms with van der Waals surface area (Å²) >= 11 is 0. The van der Waals surface area contributed by atoms with Crippen LogP contribution in [0.4, 0.5) is 121 Å². The Morgan fingerprint density at radius 1 is 0.148 bits per heavy atom. The quantitative estimate of drug-likeness (QED) is 0.0557. The molecule has 0 aliphatic carbocycles. The molecule has 0 aromatic heterocycles. The third kappa shape index (κ3) is 17.6. The van der Waals surface area contributed by atoms with E-state index < -0.39 is 46.5 Å². The number of hydrogen-bond donors (Lipinski definition) is 0. The molecule has 24 aromatic carbocycles. The third-order valence-corrected chi connectivity index (χ3v) is 28.4. The van der Waals surface area contributed by atoms with Crippen molar-refractivity contribution in [2.45, 2.75) is 34.6 Å². The molecule has 0 bridgehead atoms. The van der Waals surface area contributed by atoms with Crippen molar-refractivity contribution in [1.82, 2.24) is 0 Å². The summed E-state index contributed by atoms with van der Waals surface area (Å²) in [6.07, 6.45) is 0. The Morgan fingerprint density at radius 3 is 0.644 bits per heavy atom. The molecule has 0 amide bonds. The topological polar surface area (TPSA) is 13.0 Å². The van der Waals surface area contributed by atoms with E-state index in [-0.39, 0.29) is 68.8 Å². The second kappa shape index (κ2) is 38.7. The van der Waals surface area contributed by atoms with Gasteiger partial charge in [-0.15, -0.1) is 0 Å². The van der Waals surface area contributed by atoms with Gasteiger partial charge in [0.05, 0.1) is 68.2 Å². The summed E-state index contributed by atoms with van der Waals surface area (Å²) in [5.74, 6) is -5.72. The molecule has 0 aliphatic heterocycles. The minimum atomic E-state index is -0.575. The van der Waals surface area contributed by atoms with Gasteiger partial charge >= 0.3 is 0 Å². The van der Waals surface area contributed by atoms with Crippen LogP contribution in [0.1, 0.15) is 27.8 Å². The van der Waals surface area contributed by atoms with Crippen molar-refractivity contribution in [2.24, 2.45) is 0 Å². The summed E-state index contributed by atoms with van der Waals surface area (Å²) < 4.78 is 189. The lowest BCUT2D eigenvalue weighted by Crippen LogP contribution is -2.15.